The molecule has 0 aliphatic heterocycles. The molecule has 0 rings (SSSR count). The summed E-state index contributed by atoms with van der Waals surface area (Å²) in [5, 5.41) is 21.9. The van der Waals surface area contributed by atoms with Gasteiger partial charge in [-0.2, -0.15) is 0 Å². The molecule has 0 unspecified atom stereocenters. The van der Waals surface area contributed by atoms with Crippen LogP contribution in [0.15, 0.2) is 35.7 Å². The van der Waals surface area contributed by atoms with Crippen molar-refractivity contribution in [2.24, 2.45) is 0 Å². The van der Waals surface area contributed by atoms with Crippen molar-refractivity contribution in [1.29, 1.82) is 0 Å². The highest BCUT2D eigenvalue weighted by molar-refractivity contribution is 5.50. The zero-order chi connectivity index (χ0) is 18.9. The molecule has 7 nitrogen and oxygen atoms in total. The SMILES string of the molecule is CCCCC/C=C(\C/C=C\C/C=C(\CCCC[C]=O)[N+](=O)[O-])[N+](=O)[O-]. The molecular formula is C18H27N2O5. The molecular weight excluding hydrogens is 324 g/mol. The summed E-state index contributed by atoms with van der Waals surface area (Å²) < 4.78 is 0. The first-order valence-electron chi connectivity index (χ1n) is 8.69. The fourth-order valence-corrected chi connectivity index (χ4v) is 2.17. The van der Waals surface area contributed by atoms with Crippen LogP contribution in [0.4, 0.5) is 0 Å². The number of nitro groups is 2. The topological polar surface area (TPSA) is 103 Å². The van der Waals surface area contributed by atoms with E-state index in [1.165, 1.54) is 6.08 Å². The maximum absolute atomic E-state index is 11.0. The number of rotatable bonds is 15. The summed E-state index contributed by atoms with van der Waals surface area (Å²) in [5.74, 6) is 0. The van der Waals surface area contributed by atoms with Crippen LogP contribution in [0.5, 0.6) is 0 Å². The van der Waals surface area contributed by atoms with Crippen molar-refractivity contribution < 1.29 is 14.6 Å². The molecule has 0 fully saturated rings. The van der Waals surface area contributed by atoms with Crippen molar-refractivity contribution in [3.63, 3.8) is 0 Å². The van der Waals surface area contributed by atoms with E-state index in [1.54, 1.807) is 24.5 Å². The first-order chi connectivity index (χ1) is 12.0. The van der Waals surface area contributed by atoms with E-state index in [0.717, 1.165) is 19.3 Å². The number of carbonyl (C=O) groups excluding carboxylic acids is 1. The van der Waals surface area contributed by atoms with Gasteiger partial charge in [-0.1, -0.05) is 31.9 Å². The van der Waals surface area contributed by atoms with Crippen molar-refractivity contribution in [1.82, 2.24) is 0 Å². The Morgan fingerprint density at radius 1 is 0.960 bits per heavy atom. The maximum Gasteiger partial charge on any atom is 0.246 e. The quantitative estimate of drug-likeness (QED) is 0.181. The Balaban J connectivity index is 4.41. The molecule has 0 saturated carbocycles. The maximum atomic E-state index is 11.0. The van der Waals surface area contributed by atoms with Crippen LogP contribution >= 0.6 is 0 Å². The lowest BCUT2D eigenvalue weighted by Crippen LogP contribution is -1.99. The predicted octanol–water partition coefficient (Wildman–Crippen LogP) is 4.89. The smallest absolute Gasteiger partial charge is 0.246 e. The van der Waals surface area contributed by atoms with Crippen LogP contribution in [-0.2, 0) is 4.79 Å². The number of hydrogen-bond acceptors (Lipinski definition) is 5. The summed E-state index contributed by atoms with van der Waals surface area (Å²) in [6.07, 6.45) is 14.4. The van der Waals surface area contributed by atoms with E-state index in [-0.39, 0.29) is 22.7 Å². The van der Waals surface area contributed by atoms with E-state index in [2.05, 4.69) is 6.92 Å². The molecule has 0 spiro atoms. The Kier molecular flexibility index (Phi) is 13.8. The van der Waals surface area contributed by atoms with Crippen LogP contribution in [0.25, 0.3) is 0 Å². The molecule has 0 bridgehead atoms. The van der Waals surface area contributed by atoms with Gasteiger partial charge >= 0.3 is 0 Å². The third kappa shape index (κ3) is 12.7. The van der Waals surface area contributed by atoms with Crippen molar-refractivity contribution in [2.45, 2.75) is 71.1 Å². The lowest BCUT2D eigenvalue weighted by atomic mass is 10.1. The second-order valence-corrected chi connectivity index (χ2v) is 5.66. The molecule has 1 radical (unpaired) electrons. The summed E-state index contributed by atoms with van der Waals surface area (Å²) in [7, 11) is 0. The molecule has 0 atom stereocenters. The van der Waals surface area contributed by atoms with Gasteiger partial charge in [-0.05, 0) is 44.3 Å². The Bertz CT molecular complexity index is 510. The first kappa shape index (κ1) is 22.7. The molecule has 0 aromatic heterocycles. The van der Waals surface area contributed by atoms with Gasteiger partial charge in [-0.15, -0.1) is 0 Å². The van der Waals surface area contributed by atoms with E-state index in [9.17, 15) is 25.0 Å². The summed E-state index contributed by atoms with van der Waals surface area (Å²) in [4.78, 5) is 31.2. The molecule has 0 aliphatic rings. The van der Waals surface area contributed by atoms with Gasteiger partial charge in [0.1, 0.15) is 0 Å². The van der Waals surface area contributed by atoms with Crippen LogP contribution in [-0.4, -0.2) is 16.1 Å². The molecule has 7 heteroatoms. The van der Waals surface area contributed by atoms with Gasteiger partial charge in [0, 0.05) is 12.8 Å². The van der Waals surface area contributed by atoms with E-state index >= 15 is 0 Å². The average Bonchev–Trinajstić information content (AvgIpc) is 2.57. The highest BCUT2D eigenvalue weighted by Gasteiger charge is 2.09. The van der Waals surface area contributed by atoms with Gasteiger partial charge in [0.05, 0.1) is 16.3 Å². The monoisotopic (exact) mass is 351 g/mol. The molecule has 0 heterocycles. The molecule has 0 aromatic carbocycles. The molecule has 0 aromatic rings. The summed E-state index contributed by atoms with van der Waals surface area (Å²) >= 11 is 0. The van der Waals surface area contributed by atoms with E-state index < -0.39 is 4.92 Å². The van der Waals surface area contributed by atoms with E-state index in [0.29, 0.717) is 38.5 Å². The van der Waals surface area contributed by atoms with E-state index in [1.807, 2.05) is 0 Å². The molecule has 0 amide bonds. The van der Waals surface area contributed by atoms with Crippen LogP contribution in [0.1, 0.15) is 71.1 Å². The second-order valence-electron chi connectivity index (χ2n) is 5.66. The van der Waals surface area contributed by atoms with Crippen molar-refractivity contribution in [2.75, 3.05) is 0 Å². The largest absolute Gasteiger partial charge is 0.291 e. The minimum absolute atomic E-state index is 0.111. The van der Waals surface area contributed by atoms with Gasteiger partial charge in [-0.25, -0.2) is 0 Å². The lowest BCUT2D eigenvalue weighted by molar-refractivity contribution is -0.428. The third-order valence-corrected chi connectivity index (χ3v) is 3.60. The third-order valence-electron chi connectivity index (χ3n) is 3.60. The Morgan fingerprint density at radius 3 is 2.28 bits per heavy atom. The lowest BCUT2D eigenvalue weighted by Gasteiger charge is -1.97. The number of allylic oxidation sites excluding steroid dienone is 5. The second kappa shape index (κ2) is 15.2. The minimum Gasteiger partial charge on any atom is -0.291 e. The van der Waals surface area contributed by atoms with E-state index in [4.69, 9.17) is 0 Å². The zero-order valence-electron chi connectivity index (χ0n) is 14.8. The van der Waals surface area contributed by atoms with Gasteiger partial charge in [-0.3, -0.25) is 25.0 Å². The van der Waals surface area contributed by atoms with Crippen LogP contribution in [0, 0.1) is 20.2 Å². The van der Waals surface area contributed by atoms with Gasteiger partial charge < -0.3 is 0 Å². The average molecular weight is 351 g/mol. The fraction of sp³-hybridized carbons (Fsp3) is 0.611. The number of unbranched alkanes of at least 4 members (excludes halogenated alkanes) is 5. The molecule has 139 valence electrons. The van der Waals surface area contributed by atoms with Crippen molar-refractivity contribution in [3.05, 3.63) is 55.9 Å². The molecule has 25 heavy (non-hydrogen) atoms. The summed E-state index contributed by atoms with van der Waals surface area (Å²) in [6, 6.07) is 0. The molecule has 0 saturated heterocycles. The zero-order valence-corrected chi connectivity index (χ0v) is 14.8. The van der Waals surface area contributed by atoms with Crippen molar-refractivity contribution in [3.8, 4) is 0 Å². The molecule has 0 aliphatic carbocycles. The number of nitrogens with zero attached hydrogens (tertiary/aromatic N) is 2. The predicted molar refractivity (Wildman–Crippen MR) is 96.8 cm³/mol. The highest BCUT2D eigenvalue weighted by atomic mass is 16.6. The Hall–Kier alpha value is -2.31. The van der Waals surface area contributed by atoms with Crippen LogP contribution in [0.2, 0.25) is 0 Å². The minimum atomic E-state index is -0.422. The summed E-state index contributed by atoms with van der Waals surface area (Å²) in [6.45, 7) is 2.08. The number of hydrogen-bond donors (Lipinski definition) is 0. The Labute approximate surface area is 148 Å². The van der Waals surface area contributed by atoms with Crippen molar-refractivity contribution >= 4 is 6.29 Å². The highest BCUT2D eigenvalue weighted by Crippen LogP contribution is 2.12. The van der Waals surface area contributed by atoms with Crippen LogP contribution < -0.4 is 0 Å². The Morgan fingerprint density at radius 2 is 1.68 bits per heavy atom. The normalized spacial score (nSPS) is 12.5. The van der Waals surface area contributed by atoms with Gasteiger partial charge in [0.15, 0.2) is 6.29 Å². The standard InChI is InChI=1S/C18H27N2O5/c1-2-3-4-7-12-17(19(22)23)13-8-5-9-14-18(20(24)25)15-10-6-11-16-21/h5,8,12,14H,2-4,6-7,9-11,13,15H2,1H3/b8-5-,17-12+,18-14+. The first-order valence-corrected chi connectivity index (χ1v) is 8.69. The molecule has 0 N–H and O–H groups in total. The van der Waals surface area contributed by atoms with Gasteiger partial charge in [0.25, 0.3) is 0 Å². The van der Waals surface area contributed by atoms with Gasteiger partial charge in [0.2, 0.25) is 11.4 Å². The van der Waals surface area contributed by atoms with Crippen LogP contribution in [0.3, 0.4) is 0 Å². The fourth-order valence-electron chi connectivity index (χ4n) is 2.17. The summed E-state index contributed by atoms with van der Waals surface area (Å²) in [5.41, 5.74) is 0.274.